The Morgan fingerprint density at radius 2 is 1.95 bits per heavy atom. The van der Waals surface area contributed by atoms with Gasteiger partial charge in [0.05, 0.1) is 11.0 Å². The van der Waals surface area contributed by atoms with Crippen LogP contribution in [0.2, 0.25) is 0 Å². The number of nitrogens with one attached hydrogen (secondary N) is 1. The summed E-state index contributed by atoms with van der Waals surface area (Å²) >= 11 is 3.47. The highest BCUT2D eigenvalue weighted by atomic mass is 79.9. The molecule has 0 radical (unpaired) electrons. The third-order valence-electron chi connectivity index (χ3n) is 3.19. The minimum atomic E-state index is 0.719. The van der Waals surface area contributed by atoms with E-state index in [1.165, 1.54) is 11.1 Å². The lowest BCUT2D eigenvalue weighted by Crippen LogP contribution is -1.91. The van der Waals surface area contributed by atoms with Crippen molar-refractivity contribution in [3.63, 3.8) is 0 Å². The average Bonchev–Trinajstić information content (AvgIpc) is 2.76. The zero-order valence-electron chi connectivity index (χ0n) is 10.8. The highest BCUT2D eigenvalue weighted by Gasteiger charge is 2.10. The molecule has 1 heterocycles. The molecule has 3 nitrogen and oxygen atoms in total. The summed E-state index contributed by atoms with van der Waals surface area (Å²) in [6.07, 6.45) is 0. The van der Waals surface area contributed by atoms with Gasteiger partial charge in [-0.2, -0.15) is 0 Å². The Morgan fingerprint density at radius 3 is 2.74 bits per heavy atom. The van der Waals surface area contributed by atoms with Gasteiger partial charge in [0.25, 0.3) is 0 Å². The third-order valence-corrected chi connectivity index (χ3v) is 3.69. The molecule has 0 spiro atoms. The van der Waals surface area contributed by atoms with Gasteiger partial charge in [0.15, 0.2) is 0 Å². The largest absolute Gasteiger partial charge is 0.398 e. The molecule has 4 heteroatoms. The lowest BCUT2D eigenvalue weighted by Gasteiger charge is -2.02. The minimum absolute atomic E-state index is 0.719. The topological polar surface area (TPSA) is 54.7 Å². The smallest absolute Gasteiger partial charge is 0.140 e. The lowest BCUT2D eigenvalue weighted by molar-refractivity contribution is 1.33. The van der Waals surface area contributed by atoms with Crippen molar-refractivity contribution >= 4 is 32.7 Å². The Bertz CT molecular complexity index is 774. The number of aryl methyl sites for hydroxylation is 2. The highest BCUT2D eigenvalue weighted by molar-refractivity contribution is 9.10. The second kappa shape index (κ2) is 4.38. The number of aromatic nitrogens is 2. The summed E-state index contributed by atoms with van der Waals surface area (Å²) in [6.45, 7) is 4.16. The quantitative estimate of drug-likeness (QED) is 0.661. The first kappa shape index (κ1) is 12.2. The second-order valence-electron chi connectivity index (χ2n) is 4.79. The van der Waals surface area contributed by atoms with Gasteiger partial charge in [-0.25, -0.2) is 4.98 Å². The van der Waals surface area contributed by atoms with Crippen LogP contribution in [-0.4, -0.2) is 9.97 Å². The van der Waals surface area contributed by atoms with E-state index in [2.05, 4.69) is 51.9 Å². The van der Waals surface area contributed by atoms with Crippen LogP contribution in [0, 0.1) is 13.8 Å². The monoisotopic (exact) mass is 315 g/mol. The van der Waals surface area contributed by atoms with Crippen LogP contribution in [0.25, 0.3) is 22.4 Å². The number of nitrogens with zero attached hydrogens (tertiary/aromatic N) is 1. The molecule has 0 fully saturated rings. The van der Waals surface area contributed by atoms with Crippen molar-refractivity contribution in [3.05, 3.63) is 45.9 Å². The summed E-state index contributed by atoms with van der Waals surface area (Å²) in [5.74, 6) is 0.808. The predicted octanol–water partition coefficient (Wildman–Crippen LogP) is 4.19. The van der Waals surface area contributed by atoms with Crippen molar-refractivity contribution in [2.75, 3.05) is 5.73 Å². The minimum Gasteiger partial charge on any atom is -0.398 e. The van der Waals surface area contributed by atoms with Crippen LogP contribution in [0.3, 0.4) is 0 Å². The van der Waals surface area contributed by atoms with Crippen molar-refractivity contribution in [2.45, 2.75) is 13.8 Å². The van der Waals surface area contributed by atoms with Gasteiger partial charge in [0.1, 0.15) is 5.82 Å². The predicted molar refractivity (Wildman–Crippen MR) is 83.1 cm³/mol. The van der Waals surface area contributed by atoms with E-state index in [0.717, 1.165) is 32.6 Å². The van der Waals surface area contributed by atoms with Crippen LogP contribution < -0.4 is 5.73 Å². The molecule has 0 aliphatic rings. The van der Waals surface area contributed by atoms with Crippen molar-refractivity contribution < 1.29 is 0 Å². The summed E-state index contributed by atoms with van der Waals surface area (Å²) in [5.41, 5.74) is 12.1. The standard InChI is InChI=1S/C15H14BrN3/c1-8-5-9(2)14-13(6-8)18-15(19-14)11-7-10(16)3-4-12(11)17/h3-7H,17H2,1-2H3,(H,18,19). The van der Waals surface area contributed by atoms with Crippen molar-refractivity contribution in [3.8, 4) is 11.4 Å². The Balaban J connectivity index is 2.26. The van der Waals surface area contributed by atoms with Gasteiger partial charge in [-0.05, 0) is 49.2 Å². The Labute approximate surface area is 120 Å². The fourth-order valence-corrected chi connectivity index (χ4v) is 2.69. The van der Waals surface area contributed by atoms with E-state index in [4.69, 9.17) is 5.73 Å². The molecule has 3 rings (SSSR count). The molecule has 0 saturated heterocycles. The molecular weight excluding hydrogens is 302 g/mol. The molecule has 0 unspecified atom stereocenters. The van der Waals surface area contributed by atoms with E-state index in [9.17, 15) is 0 Å². The maximum Gasteiger partial charge on any atom is 0.140 e. The number of aromatic amines is 1. The van der Waals surface area contributed by atoms with Crippen molar-refractivity contribution in [2.24, 2.45) is 0 Å². The van der Waals surface area contributed by atoms with Crippen LogP contribution >= 0.6 is 15.9 Å². The van der Waals surface area contributed by atoms with Crippen LogP contribution in [0.1, 0.15) is 11.1 Å². The fraction of sp³-hybridized carbons (Fsp3) is 0.133. The molecule has 3 aromatic rings. The van der Waals surface area contributed by atoms with Gasteiger partial charge in [-0.15, -0.1) is 0 Å². The number of rotatable bonds is 1. The van der Waals surface area contributed by atoms with Gasteiger partial charge in [-0.3, -0.25) is 0 Å². The van der Waals surface area contributed by atoms with Crippen LogP contribution in [0.15, 0.2) is 34.8 Å². The molecule has 0 amide bonds. The maximum atomic E-state index is 6.03. The van der Waals surface area contributed by atoms with Gasteiger partial charge in [-0.1, -0.05) is 22.0 Å². The Morgan fingerprint density at radius 1 is 1.16 bits per heavy atom. The van der Waals surface area contributed by atoms with Crippen LogP contribution in [0.5, 0.6) is 0 Å². The number of imidazole rings is 1. The highest BCUT2D eigenvalue weighted by Crippen LogP contribution is 2.29. The van der Waals surface area contributed by atoms with Crippen molar-refractivity contribution in [1.29, 1.82) is 0 Å². The first-order chi connectivity index (χ1) is 9.04. The summed E-state index contributed by atoms with van der Waals surface area (Å²) < 4.78 is 0.991. The van der Waals surface area contributed by atoms with Gasteiger partial charge in [0, 0.05) is 15.7 Å². The number of hydrogen-bond acceptors (Lipinski definition) is 2. The summed E-state index contributed by atoms with van der Waals surface area (Å²) in [6, 6.07) is 10.0. The first-order valence-corrected chi connectivity index (χ1v) is 6.86. The Hall–Kier alpha value is -1.81. The average molecular weight is 316 g/mol. The molecule has 3 N–H and O–H groups in total. The Kier molecular flexibility index (Phi) is 2.82. The summed E-state index contributed by atoms with van der Waals surface area (Å²) in [5, 5.41) is 0. The second-order valence-corrected chi connectivity index (χ2v) is 5.71. The molecule has 0 bridgehead atoms. The molecule has 1 aromatic heterocycles. The van der Waals surface area contributed by atoms with Gasteiger partial charge in [0.2, 0.25) is 0 Å². The first-order valence-electron chi connectivity index (χ1n) is 6.07. The van der Waals surface area contributed by atoms with Gasteiger partial charge < -0.3 is 10.7 Å². The third kappa shape index (κ3) is 2.12. The zero-order chi connectivity index (χ0) is 13.6. The normalized spacial score (nSPS) is 11.1. The van der Waals surface area contributed by atoms with E-state index >= 15 is 0 Å². The molecule has 0 aliphatic carbocycles. The fourth-order valence-electron chi connectivity index (χ4n) is 2.33. The lowest BCUT2D eigenvalue weighted by atomic mass is 10.1. The number of H-pyrrole nitrogens is 1. The molecule has 0 atom stereocenters. The van der Waals surface area contributed by atoms with Gasteiger partial charge >= 0.3 is 0 Å². The molecule has 0 saturated carbocycles. The number of nitrogen functional groups attached to an aromatic ring is 1. The molecule has 19 heavy (non-hydrogen) atoms. The molecule has 0 aliphatic heterocycles. The zero-order valence-corrected chi connectivity index (χ0v) is 12.4. The van der Waals surface area contributed by atoms with E-state index in [1.54, 1.807) is 0 Å². The number of halogens is 1. The SMILES string of the molecule is Cc1cc(C)c2nc(-c3cc(Br)ccc3N)[nH]c2c1. The van der Waals surface area contributed by atoms with Crippen molar-refractivity contribution in [1.82, 2.24) is 9.97 Å². The van der Waals surface area contributed by atoms with Crippen LogP contribution in [-0.2, 0) is 0 Å². The number of hydrogen-bond donors (Lipinski definition) is 2. The van der Waals surface area contributed by atoms with E-state index in [0.29, 0.717) is 0 Å². The summed E-state index contributed by atoms with van der Waals surface area (Å²) in [7, 11) is 0. The molecular formula is C15H14BrN3. The summed E-state index contributed by atoms with van der Waals surface area (Å²) in [4.78, 5) is 8.02. The van der Waals surface area contributed by atoms with E-state index < -0.39 is 0 Å². The maximum absolute atomic E-state index is 6.03. The number of fused-ring (bicyclic) bond motifs is 1. The molecule has 2 aromatic carbocycles. The number of benzene rings is 2. The van der Waals surface area contributed by atoms with E-state index in [1.807, 2.05) is 18.2 Å². The van der Waals surface area contributed by atoms with E-state index in [-0.39, 0.29) is 0 Å². The number of nitrogens with two attached hydrogens (primary N) is 1. The molecule has 96 valence electrons. The van der Waals surface area contributed by atoms with Crippen LogP contribution in [0.4, 0.5) is 5.69 Å². The number of anilines is 1.